The molecule has 1 amide bonds. The number of hydrogen-bond donors (Lipinski definition) is 0. The molecule has 1 fully saturated rings. The zero-order chi connectivity index (χ0) is 11.4. The maximum Gasteiger partial charge on any atom is 0.478 e. The van der Waals surface area contributed by atoms with Gasteiger partial charge in [0.15, 0.2) is 0 Å². The molecule has 16 heavy (non-hydrogen) atoms. The monoisotopic (exact) mass is 225 g/mol. The van der Waals surface area contributed by atoms with Crippen molar-refractivity contribution in [1.82, 2.24) is 4.90 Å². The predicted molar refractivity (Wildman–Crippen MR) is 54.0 cm³/mol. The van der Waals surface area contributed by atoms with Gasteiger partial charge in [-0.25, -0.2) is 9.18 Å². The highest BCUT2D eigenvalue weighted by Gasteiger charge is 2.21. The third-order valence-electron chi connectivity index (χ3n) is 2.56. The maximum atomic E-state index is 12.6. The topological polar surface area (TPSA) is 33.4 Å². The molecular formula is C11H14FN2O2+. The molecule has 2 rings (SSSR count). The average molecular weight is 225 g/mol. The van der Waals surface area contributed by atoms with Crippen LogP contribution in [0.15, 0.2) is 24.5 Å². The SMILES string of the molecule is O=C(O[n+]1ccc(F)cc1)N1CCCCC1. The van der Waals surface area contributed by atoms with E-state index in [1.807, 2.05) is 0 Å². The third kappa shape index (κ3) is 2.68. The Morgan fingerprint density at radius 1 is 1.25 bits per heavy atom. The maximum absolute atomic E-state index is 12.6. The molecule has 4 nitrogen and oxygen atoms in total. The van der Waals surface area contributed by atoms with E-state index < -0.39 is 0 Å². The van der Waals surface area contributed by atoms with Gasteiger partial charge in [0.05, 0.1) is 0 Å². The first-order chi connectivity index (χ1) is 7.75. The summed E-state index contributed by atoms with van der Waals surface area (Å²) in [7, 11) is 0. The average Bonchev–Trinajstić information content (AvgIpc) is 2.33. The standard InChI is InChI=1S/C11H14FN2O2/c12-10-4-8-14(9-5-10)16-11(15)13-6-2-1-3-7-13/h4-5,8-9H,1-3,6-7H2/q+1. The fraction of sp³-hybridized carbons (Fsp3) is 0.455. The van der Waals surface area contributed by atoms with Gasteiger partial charge in [0.1, 0.15) is 5.82 Å². The molecule has 5 heteroatoms. The molecule has 86 valence electrons. The molecule has 0 radical (unpaired) electrons. The van der Waals surface area contributed by atoms with Gasteiger partial charge in [-0.3, -0.25) is 0 Å². The van der Waals surface area contributed by atoms with Crippen molar-refractivity contribution in [3.05, 3.63) is 30.3 Å². The summed E-state index contributed by atoms with van der Waals surface area (Å²) in [6.07, 6.45) is 5.56. The smallest absolute Gasteiger partial charge is 0.303 e. The molecular weight excluding hydrogens is 211 g/mol. The Morgan fingerprint density at radius 2 is 1.88 bits per heavy atom. The summed E-state index contributed by atoms with van der Waals surface area (Å²) in [5, 5.41) is 0. The summed E-state index contributed by atoms with van der Waals surface area (Å²) in [6.45, 7) is 1.47. The molecule has 1 aliphatic rings. The Hall–Kier alpha value is -1.65. The van der Waals surface area contributed by atoms with Gasteiger partial charge in [0.25, 0.3) is 0 Å². The minimum absolute atomic E-state index is 0.356. The minimum atomic E-state index is -0.378. The van der Waals surface area contributed by atoms with E-state index in [4.69, 9.17) is 4.84 Å². The fourth-order valence-electron chi connectivity index (χ4n) is 1.68. The summed E-state index contributed by atoms with van der Waals surface area (Å²) >= 11 is 0. The van der Waals surface area contributed by atoms with Crippen molar-refractivity contribution in [3.63, 3.8) is 0 Å². The first-order valence-corrected chi connectivity index (χ1v) is 5.40. The van der Waals surface area contributed by atoms with Crippen molar-refractivity contribution in [2.45, 2.75) is 19.3 Å². The number of amides is 1. The van der Waals surface area contributed by atoms with Gasteiger partial charge in [0, 0.05) is 30.0 Å². The van der Waals surface area contributed by atoms with E-state index in [1.165, 1.54) is 29.3 Å². The van der Waals surface area contributed by atoms with Crippen LogP contribution in [-0.2, 0) is 0 Å². The number of halogens is 1. The van der Waals surface area contributed by atoms with Crippen molar-refractivity contribution in [3.8, 4) is 0 Å². The number of hydrogen-bond acceptors (Lipinski definition) is 2. The van der Waals surface area contributed by atoms with Crippen LogP contribution in [0.1, 0.15) is 19.3 Å². The molecule has 1 saturated heterocycles. The van der Waals surface area contributed by atoms with Crippen LogP contribution in [-0.4, -0.2) is 24.1 Å². The molecule has 0 saturated carbocycles. The Labute approximate surface area is 93.2 Å². The largest absolute Gasteiger partial charge is 0.478 e. The van der Waals surface area contributed by atoms with Crippen LogP contribution >= 0.6 is 0 Å². The van der Waals surface area contributed by atoms with E-state index in [0.29, 0.717) is 0 Å². The van der Waals surface area contributed by atoms with Crippen LogP contribution in [0.2, 0.25) is 0 Å². The van der Waals surface area contributed by atoms with Crippen LogP contribution in [0.25, 0.3) is 0 Å². The van der Waals surface area contributed by atoms with Gasteiger partial charge >= 0.3 is 6.09 Å². The lowest BCUT2D eigenvalue weighted by Crippen LogP contribution is -2.51. The van der Waals surface area contributed by atoms with Crippen LogP contribution in [0.4, 0.5) is 9.18 Å². The number of carbonyl (C=O) groups is 1. The summed E-state index contributed by atoms with van der Waals surface area (Å²) in [6, 6.07) is 2.48. The molecule has 0 atom stereocenters. The molecule has 1 aliphatic heterocycles. The third-order valence-corrected chi connectivity index (χ3v) is 2.56. The molecule has 0 aliphatic carbocycles. The lowest BCUT2D eigenvalue weighted by atomic mass is 10.1. The van der Waals surface area contributed by atoms with Crippen LogP contribution < -0.4 is 9.57 Å². The highest BCUT2D eigenvalue weighted by atomic mass is 19.1. The van der Waals surface area contributed by atoms with E-state index >= 15 is 0 Å². The van der Waals surface area contributed by atoms with Crippen LogP contribution in [0.5, 0.6) is 0 Å². The van der Waals surface area contributed by atoms with Crippen LogP contribution in [0, 0.1) is 5.82 Å². The summed E-state index contributed by atoms with van der Waals surface area (Å²) in [5.41, 5.74) is 0. The fourth-order valence-corrected chi connectivity index (χ4v) is 1.68. The van der Waals surface area contributed by atoms with E-state index in [-0.39, 0.29) is 11.9 Å². The van der Waals surface area contributed by atoms with E-state index in [1.54, 1.807) is 4.90 Å². The first-order valence-electron chi connectivity index (χ1n) is 5.40. The van der Waals surface area contributed by atoms with Crippen molar-refractivity contribution in [2.24, 2.45) is 0 Å². The second kappa shape index (κ2) is 4.92. The molecule has 0 spiro atoms. The Morgan fingerprint density at radius 3 is 2.50 bits per heavy atom. The highest BCUT2D eigenvalue weighted by Crippen LogP contribution is 2.08. The number of nitrogens with zero attached hydrogens (tertiary/aromatic N) is 2. The Balaban J connectivity index is 1.93. The van der Waals surface area contributed by atoms with Gasteiger partial charge in [-0.05, 0) is 19.3 Å². The number of carbonyl (C=O) groups excluding carboxylic acids is 1. The second-order valence-corrected chi connectivity index (χ2v) is 3.78. The zero-order valence-corrected chi connectivity index (χ0v) is 8.93. The summed E-state index contributed by atoms with van der Waals surface area (Å²) < 4.78 is 13.8. The van der Waals surface area contributed by atoms with Crippen molar-refractivity contribution >= 4 is 6.09 Å². The zero-order valence-electron chi connectivity index (χ0n) is 8.93. The lowest BCUT2D eigenvalue weighted by molar-refractivity contribution is -0.869. The van der Waals surface area contributed by atoms with Gasteiger partial charge < -0.3 is 4.90 Å². The van der Waals surface area contributed by atoms with Gasteiger partial charge in [-0.2, -0.15) is 4.84 Å². The molecule has 2 heterocycles. The number of likely N-dealkylation sites (tertiary alicyclic amines) is 1. The Bertz CT molecular complexity index is 361. The molecule has 0 aromatic carbocycles. The second-order valence-electron chi connectivity index (χ2n) is 3.78. The van der Waals surface area contributed by atoms with E-state index in [0.717, 1.165) is 32.4 Å². The number of rotatable bonds is 1. The van der Waals surface area contributed by atoms with E-state index in [2.05, 4.69) is 0 Å². The molecule has 1 aromatic rings. The number of pyridine rings is 1. The van der Waals surface area contributed by atoms with Crippen molar-refractivity contribution < 1.29 is 18.8 Å². The summed E-state index contributed by atoms with van der Waals surface area (Å²) in [4.78, 5) is 18.4. The van der Waals surface area contributed by atoms with Gasteiger partial charge in [-0.1, -0.05) is 0 Å². The van der Waals surface area contributed by atoms with E-state index in [9.17, 15) is 9.18 Å². The lowest BCUT2D eigenvalue weighted by Gasteiger charge is -2.23. The predicted octanol–water partition coefficient (Wildman–Crippen LogP) is 1.15. The number of aromatic nitrogens is 1. The van der Waals surface area contributed by atoms with Gasteiger partial charge in [0.2, 0.25) is 12.4 Å². The molecule has 0 N–H and O–H groups in total. The van der Waals surface area contributed by atoms with Gasteiger partial charge in [-0.15, -0.1) is 0 Å². The minimum Gasteiger partial charge on any atom is -0.303 e. The quantitative estimate of drug-likeness (QED) is 0.672. The molecule has 1 aromatic heterocycles. The molecule has 0 unspecified atom stereocenters. The van der Waals surface area contributed by atoms with Crippen molar-refractivity contribution in [1.29, 1.82) is 0 Å². The van der Waals surface area contributed by atoms with Crippen LogP contribution in [0.3, 0.4) is 0 Å². The normalized spacial score (nSPS) is 15.9. The molecule has 0 bridgehead atoms. The number of piperidine rings is 1. The van der Waals surface area contributed by atoms with Crippen molar-refractivity contribution in [2.75, 3.05) is 13.1 Å². The Kier molecular flexibility index (Phi) is 3.34. The summed E-state index contributed by atoms with van der Waals surface area (Å²) in [5.74, 6) is -0.356. The first kappa shape index (κ1) is 10.9. The highest BCUT2D eigenvalue weighted by molar-refractivity contribution is 5.67.